The van der Waals surface area contributed by atoms with Gasteiger partial charge in [0.25, 0.3) is 0 Å². The zero-order valence-corrected chi connectivity index (χ0v) is 8.21. The molecule has 1 rings (SSSR count). The molecule has 0 bridgehead atoms. The lowest BCUT2D eigenvalue weighted by Gasteiger charge is -2.14. The summed E-state index contributed by atoms with van der Waals surface area (Å²) in [6, 6.07) is 0. The molecule has 0 amide bonds. The summed E-state index contributed by atoms with van der Waals surface area (Å²) in [4.78, 5) is 10.7. The highest BCUT2D eigenvalue weighted by Crippen LogP contribution is 2.16. The van der Waals surface area contributed by atoms with Gasteiger partial charge >= 0.3 is 5.97 Å². The Hall–Kier alpha value is -0.990. The Morgan fingerprint density at radius 1 is 1.77 bits per heavy atom. The van der Waals surface area contributed by atoms with Crippen LogP contribution in [0.4, 0.5) is 0 Å². The standard InChI is InChI=1S/C10H16O3/c1-7(2)8(3)12-6-9-4-5-10(11)13-9/h7,9H,3-6H2,1-2H3. The molecule has 1 saturated heterocycles. The second-order valence-electron chi connectivity index (χ2n) is 3.58. The highest BCUT2D eigenvalue weighted by Gasteiger charge is 2.23. The van der Waals surface area contributed by atoms with E-state index in [-0.39, 0.29) is 12.1 Å². The molecule has 0 saturated carbocycles. The minimum Gasteiger partial charge on any atom is -0.494 e. The number of allylic oxidation sites excluding steroid dienone is 1. The van der Waals surface area contributed by atoms with Gasteiger partial charge in [-0.2, -0.15) is 0 Å². The Labute approximate surface area is 78.7 Å². The minimum absolute atomic E-state index is 0.0667. The van der Waals surface area contributed by atoms with Gasteiger partial charge in [0.15, 0.2) is 0 Å². The first kappa shape index (κ1) is 10.1. The number of rotatable bonds is 4. The van der Waals surface area contributed by atoms with Gasteiger partial charge in [0.05, 0.1) is 5.76 Å². The Balaban J connectivity index is 2.19. The van der Waals surface area contributed by atoms with Crippen molar-refractivity contribution < 1.29 is 14.3 Å². The molecule has 1 fully saturated rings. The van der Waals surface area contributed by atoms with Crippen molar-refractivity contribution in [2.24, 2.45) is 5.92 Å². The van der Waals surface area contributed by atoms with Crippen LogP contribution in [0.3, 0.4) is 0 Å². The van der Waals surface area contributed by atoms with E-state index in [4.69, 9.17) is 9.47 Å². The lowest BCUT2D eigenvalue weighted by molar-refractivity contribution is -0.142. The Morgan fingerprint density at radius 3 is 2.92 bits per heavy atom. The van der Waals surface area contributed by atoms with E-state index in [1.165, 1.54) is 0 Å². The van der Waals surface area contributed by atoms with Crippen molar-refractivity contribution >= 4 is 5.97 Å². The average Bonchev–Trinajstić information content (AvgIpc) is 2.47. The summed E-state index contributed by atoms with van der Waals surface area (Å²) in [5.41, 5.74) is 0. The van der Waals surface area contributed by atoms with E-state index in [9.17, 15) is 4.79 Å². The molecule has 1 heterocycles. The maximum absolute atomic E-state index is 10.7. The number of esters is 1. The Kier molecular flexibility index (Phi) is 3.34. The molecule has 1 aliphatic heterocycles. The number of carbonyl (C=O) groups is 1. The van der Waals surface area contributed by atoms with E-state index >= 15 is 0 Å². The zero-order chi connectivity index (χ0) is 9.84. The summed E-state index contributed by atoms with van der Waals surface area (Å²) in [6.07, 6.45) is 1.22. The van der Waals surface area contributed by atoms with Gasteiger partial charge in [-0.3, -0.25) is 4.79 Å². The molecule has 0 aromatic heterocycles. The van der Waals surface area contributed by atoms with Crippen molar-refractivity contribution in [1.82, 2.24) is 0 Å². The number of hydrogen-bond donors (Lipinski definition) is 0. The lowest BCUT2D eigenvalue weighted by atomic mass is 10.2. The minimum atomic E-state index is -0.122. The first-order valence-corrected chi connectivity index (χ1v) is 4.60. The van der Waals surface area contributed by atoms with Gasteiger partial charge in [0.2, 0.25) is 0 Å². The van der Waals surface area contributed by atoms with Crippen LogP contribution >= 0.6 is 0 Å². The van der Waals surface area contributed by atoms with Crippen LogP contribution < -0.4 is 0 Å². The Morgan fingerprint density at radius 2 is 2.46 bits per heavy atom. The van der Waals surface area contributed by atoms with Gasteiger partial charge in [-0.1, -0.05) is 20.4 Å². The summed E-state index contributed by atoms with van der Waals surface area (Å²) in [5, 5.41) is 0. The summed E-state index contributed by atoms with van der Waals surface area (Å²) in [5.74, 6) is 0.948. The lowest BCUT2D eigenvalue weighted by Crippen LogP contribution is -2.15. The van der Waals surface area contributed by atoms with Gasteiger partial charge in [-0.05, 0) is 6.42 Å². The van der Waals surface area contributed by atoms with Gasteiger partial charge in [0, 0.05) is 12.3 Å². The van der Waals surface area contributed by atoms with E-state index in [0.29, 0.717) is 18.9 Å². The maximum Gasteiger partial charge on any atom is 0.306 e. The predicted molar refractivity (Wildman–Crippen MR) is 49.0 cm³/mol. The van der Waals surface area contributed by atoms with Crippen LogP contribution in [-0.4, -0.2) is 18.7 Å². The van der Waals surface area contributed by atoms with Crippen LogP contribution in [-0.2, 0) is 14.3 Å². The quantitative estimate of drug-likeness (QED) is 0.494. The first-order chi connectivity index (χ1) is 6.09. The largest absolute Gasteiger partial charge is 0.494 e. The van der Waals surface area contributed by atoms with Crippen molar-refractivity contribution in [3.05, 3.63) is 12.3 Å². The topological polar surface area (TPSA) is 35.5 Å². The zero-order valence-electron chi connectivity index (χ0n) is 8.21. The molecule has 0 aliphatic carbocycles. The molecular formula is C10H16O3. The normalized spacial score (nSPS) is 21.8. The highest BCUT2D eigenvalue weighted by atomic mass is 16.6. The van der Waals surface area contributed by atoms with E-state index < -0.39 is 0 Å². The molecule has 1 atom stereocenters. The number of carbonyl (C=O) groups excluding carboxylic acids is 1. The molecule has 1 unspecified atom stereocenters. The summed E-state index contributed by atoms with van der Waals surface area (Å²) in [7, 11) is 0. The van der Waals surface area contributed by atoms with Crippen LogP contribution in [0.2, 0.25) is 0 Å². The monoisotopic (exact) mass is 184 g/mol. The maximum atomic E-state index is 10.7. The van der Waals surface area contributed by atoms with Crippen LogP contribution in [0.25, 0.3) is 0 Å². The van der Waals surface area contributed by atoms with Crippen LogP contribution in [0.1, 0.15) is 26.7 Å². The van der Waals surface area contributed by atoms with Crippen molar-refractivity contribution in [3.8, 4) is 0 Å². The van der Waals surface area contributed by atoms with Gasteiger partial charge in [-0.15, -0.1) is 0 Å². The molecule has 13 heavy (non-hydrogen) atoms. The van der Waals surface area contributed by atoms with Crippen LogP contribution in [0, 0.1) is 5.92 Å². The third-order valence-electron chi connectivity index (χ3n) is 2.07. The third kappa shape index (κ3) is 3.09. The summed E-state index contributed by atoms with van der Waals surface area (Å²) >= 11 is 0. The molecule has 0 aromatic carbocycles. The average molecular weight is 184 g/mol. The van der Waals surface area contributed by atoms with E-state index in [1.54, 1.807) is 0 Å². The molecule has 3 heteroatoms. The SMILES string of the molecule is C=C(OCC1CCC(=O)O1)C(C)C. The fraction of sp³-hybridized carbons (Fsp3) is 0.700. The molecule has 0 radical (unpaired) electrons. The van der Waals surface area contributed by atoms with Crippen molar-refractivity contribution in [3.63, 3.8) is 0 Å². The van der Waals surface area contributed by atoms with Gasteiger partial charge < -0.3 is 9.47 Å². The molecule has 3 nitrogen and oxygen atoms in total. The second-order valence-corrected chi connectivity index (χ2v) is 3.58. The molecule has 0 N–H and O–H groups in total. The number of ether oxygens (including phenoxy) is 2. The van der Waals surface area contributed by atoms with Crippen molar-refractivity contribution in [1.29, 1.82) is 0 Å². The molecule has 0 spiro atoms. The first-order valence-electron chi connectivity index (χ1n) is 4.60. The number of hydrogen-bond acceptors (Lipinski definition) is 3. The highest BCUT2D eigenvalue weighted by molar-refractivity contribution is 5.71. The van der Waals surface area contributed by atoms with Crippen LogP contribution in [0.5, 0.6) is 0 Å². The van der Waals surface area contributed by atoms with Crippen molar-refractivity contribution in [2.45, 2.75) is 32.8 Å². The third-order valence-corrected chi connectivity index (χ3v) is 2.07. The van der Waals surface area contributed by atoms with Gasteiger partial charge in [0.1, 0.15) is 12.7 Å². The molecule has 74 valence electrons. The summed E-state index contributed by atoms with van der Waals surface area (Å²) in [6.45, 7) is 8.25. The smallest absolute Gasteiger partial charge is 0.306 e. The molecule has 1 aliphatic rings. The molecular weight excluding hydrogens is 168 g/mol. The van der Waals surface area contributed by atoms with Crippen LogP contribution in [0.15, 0.2) is 12.3 Å². The fourth-order valence-corrected chi connectivity index (χ4v) is 1.07. The predicted octanol–water partition coefficient (Wildman–Crippen LogP) is 1.88. The second kappa shape index (κ2) is 4.30. The number of cyclic esters (lactones) is 1. The Bertz CT molecular complexity index is 208. The molecule has 0 aromatic rings. The van der Waals surface area contributed by atoms with Crippen molar-refractivity contribution in [2.75, 3.05) is 6.61 Å². The summed E-state index contributed by atoms with van der Waals surface area (Å²) < 4.78 is 10.4. The fourth-order valence-electron chi connectivity index (χ4n) is 1.07. The van der Waals surface area contributed by atoms with Gasteiger partial charge in [-0.25, -0.2) is 0 Å². The van der Waals surface area contributed by atoms with E-state index in [0.717, 1.165) is 12.2 Å². The van der Waals surface area contributed by atoms with E-state index in [2.05, 4.69) is 6.58 Å². The van der Waals surface area contributed by atoms with E-state index in [1.807, 2.05) is 13.8 Å².